The largest absolute Gasteiger partial charge is 0.496 e. The molecule has 0 fully saturated rings. The number of carbonyl (C=O) groups is 1. The predicted molar refractivity (Wildman–Crippen MR) is 94.3 cm³/mol. The highest BCUT2D eigenvalue weighted by atomic mass is 79.9. The summed E-state index contributed by atoms with van der Waals surface area (Å²) in [6.45, 7) is 0. The summed E-state index contributed by atoms with van der Waals surface area (Å²) >= 11 is 9.24. The van der Waals surface area contributed by atoms with E-state index < -0.39 is 16.0 Å². The van der Waals surface area contributed by atoms with E-state index in [9.17, 15) is 13.2 Å². The molecule has 0 atom stereocenters. The highest BCUT2D eigenvalue weighted by Gasteiger charge is 2.19. The van der Waals surface area contributed by atoms with E-state index in [1.807, 2.05) is 0 Å². The van der Waals surface area contributed by atoms with Gasteiger partial charge in [-0.25, -0.2) is 13.2 Å². The van der Waals surface area contributed by atoms with E-state index in [1.165, 1.54) is 50.6 Å². The molecule has 24 heavy (non-hydrogen) atoms. The van der Waals surface area contributed by atoms with Gasteiger partial charge in [0, 0.05) is 0 Å². The Morgan fingerprint density at radius 1 is 1.17 bits per heavy atom. The third-order valence-corrected chi connectivity index (χ3v) is 5.38. The van der Waals surface area contributed by atoms with E-state index >= 15 is 0 Å². The smallest absolute Gasteiger partial charge is 0.337 e. The highest BCUT2D eigenvalue weighted by Crippen LogP contribution is 2.30. The molecule has 9 heteroatoms. The molecule has 0 aliphatic carbocycles. The summed E-state index contributed by atoms with van der Waals surface area (Å²) in [4.78, 5) is 11.6. The molecule has 2 aromatic carbocycles. The maximum Gasteiger partial charge on any atom is 0.337 e. The van der Waals surface area contributed by atoms with E-state index in [1.54, 1.807) is 0 Å². The number of halogens is 2. The fourth-order valence-electron chi connectivity index (χ4n) is 1.87. The summed E-state index contributed by atoms with van der Waals surface area (Å²) in [5.74, 6) is -0.0982. The zero-order chi connectivity index (χ0) is 17.9. The first-order chi connectivity index (χ1) is 11.3. The van der Waals surface area contributed by atoms with Gasteiger partial charge in [-0.3, -0.25) is 4.72 Å². The average molecular weight is 435 g/mol. The molecule has 128 valence electrons. The lowest BCUT2D eigenvalue weighted by Gasteiger charge is -2.12. The van der Waals surface area contributed by atoms with Crippen LogP contribution in [0, 0.1) is 0 Å². The van der Waals surface area contributed by atoms with Gasteiger partial charge in [-0.05, 0) is 52.3 Å². The normalized spacial score (nSPS) is 11.0. The van der Waals surface area contributed by atoms with Crippen molar-refractivity contribution in [3.63, 3.8) is 0 Å². The minimum atomic E-state index is -3.90. The van der Waals surface area contributed by atoms with Crippen molar-refractivity contribution in [2.24, 2.45) is 0 Å². The Hall–Kier alpha value is -1.77. The number of hydrogen-bond donors (Lipinski definition) is 1. The van der Waals surface area contributed by atoms with E-state index in [0.29, 0.717) is 10.2 Å². The molecule has 0 aliphatic rings. The SMILES string of the molecule is COC(=O)c1ccc(Cl)c(NS(=O)(=O)c2ccc(OC)c(Br)c2)c1. The second-order valence-corrected chi connectivity index (χ2v) is 7.53. The predicted octanol–water partition coefficient (Wildman–Crippen LogP) is 3.70. The van der Waals surface area contributed by atoms with Crippen LogP contribution in [0.2, 0.25) is 5.02 Å². The lowest BCUT2D eigenvalue weighted by atomic mass is 10.2. The van der Waals surface area contributed by atoms with Crippen LogP contribution in [0.3, 0.4) is 0 Å². The molecule has 0 unspecified atom stereocenters. The van der Waals surface area contributed by atoms with Crippen LogP contribution in [-0.2, 0) is 14.8 Å². The molecule has 0 amide bonds. The van der Waals surface area contributed by atoms with Gasteiger partial charge in [0.05, 0.1) is 39.9 Å². The van der Waals surface area contributed by atoms with E-state index in [2.05, 4.69) is 25.4 Å². The Balaban J connectivity index is 2.39. The van der Waals surface area contributed by atoms with Crippen molar-refractivity contribution in [1.29, 1.82) is 0 Å². The van der Waals surface area contributed by atoms with E-state index in [0.717, 1.165) is 0 Å². The van der Waals surface area contributed by atoms with Crippen molar-refractivity contribution in [2.75, 3.05) is 18.9 Å². The van der Waals surface area contributed by atoms with Crippen molar-refractivity contribution >= 4 is 49.2 Å². The molecule has 0 spiro atoms. The number of rotatable bonds is 5. The number of nitrogens with one attached hydrogen (secondary N) is 1. The summed E-state index contributed by atoms with van der Waals surface area (Å²) in [5.41, 5.74) is 0.252. The highest BCUT2D eigenvalue weighted by molar-refractivity contribution is 9.10. The van der Waals surface area contributed by atoms with Crippen LogP contribution in [0.25, 0.3) is 0 Å². The number of hydrogen-bond acceptors (Lipinski definition) is 5. The molecule has 0 heterocycles. The summed E-state index contributed by atoms with van der Waals surface area (Å²) in [5, 5.41) is 0.152. The van der Waals surface area contributed by atoms with Crippen molar-refractivity contribution in [3.05, 3.63) is 51.5 Å². The monoisotopic (exact) mass is 433 g/mol. The molecule has 6 nitrogen and oxygen atoms in total. The molecule has 2 aromatic rings. The van der Waals surface area contributed by atoms with Crippen LogP contribution in [0.15, 0.2) is 45.8 Å². The summed E-state index contributed by atoms with van der Waals surface area (Å²) in [6, 6.07) is 8.48. The van der Waals surface area contributed by atoms with Gasteiger partial charge in [0.15, 0.2) is 0 Å². The van der Waals surface area contributed by atoms with Crippen molar-refractivity contribution in [2.45, 2.75) is 4.90 Å². The fourth-order valence-corrected chi connectivity index (χ4v) is 3.88. The Kier molecular flexibility index (Phi) is 5.74. The van der Waals surface area contributed by atoms with Gasteiger partial charge in [0.2, 0.25) is 0 Å². The Bertz CT molecular complexity index is 885. The van der Waals surface area contributed by atoms with Gasteiger partial charge in [0.1, 0.15) is 5.75 Å². The second kappa shape index (κ2) is 7.42. The Morgan fingerprint density at radius 3 is 2.46 bits per heavy atom. The lowest BCUT2D eigenvalue weighted by Crippen LogP contribution is -2.14. The van der Waals surface area contributed by atoms with E-state index in [4.69, 9.17) is 16.3 Å². The second-order valence-electron chi connectivity index (χ2n) is 4.59. The number of benzene rings is 2. The zero-order valence-electron chi connectivity index (χ0n) is 12.7. The van der Waals surface area contributed by atoms with Crippen LogP contribution >= 0.6 is 27.5 Å². The quantitative estimate of drug-likeness (QED) is 0.726. The molecule has 0 bridgehead atoms. The van der Waals surface area contributed by atoms with E-state index in [-0.39, 0.29) is 21.2 Å². The number of carbonyl (C=O) groups excluding carboxylic acids is 1. The molecule has 0 saturated heterocycles. The number of sulfonamides is 1. The fraction of sp³-hybridized carbons (Fsp3) is 0.133. The number of esters is 1. The van der Waals surface area contributed by atoms with Crippen LogP contribution in [0.1, 0.15) is 10.4 Å². The first-order valence-corrected chi connectivity index (χ1v) is 9.18. The van der Waals surface area contributed by atoms with Gasteiger partial charge in [-0.15, -0.1) is 0 Å². The molecular weight excluding hydrogens is 422 g/mol. The Morgan fingerprint density at radius 2 is 1.88 bits per heavy atom. The molecule has 0 aliphatic heterocycles. The van der Waals surface area contributed by atoms with Crippen LogP contribution < -0.4 is 9.46 Å². The van der Waals surface area contributed by atoms with Crippen molar-refractivity contribution in [3.8, 4) is 5.75 Å². The van der Waals surface area contributed by atoms with Gasteiger partial charge < -0.3 is 9.47 Å². The summed E-state index contributed by atoms with van der Waals surface area (Å²) < 4.78 is 37.5. The standard InChI is InChI=1S/C15H13BrClNO5S/c1-22-14-6-4-10(8-11(14)16)24(20,21)18-13-7-9(15(19)23-2)3-5-12(13)17/h3-8,18H,1-2H3. The zero-order valence-corrected chi connectivity index (χ0v) is 15.8. The first kappa shape index (κ1) is 18.6. The lowest BCUT2D eigenvalue weighted by molar-refractivity contribution is 0.0601. The number of anilines is 1. The average Bonchev–Trinajstić information content (AvgIpc) is 2.55. The van der Waals surface area contributed by atoms with Gasteiger partial charge >= 0.3 is 5.97 Å². The van der Waals surface area contributed by atoms with Crippen molar-refractivity contribution < 1.29 is 22.7 Å². The Labute approximate surface area is 152 Å². The number of ether oxygens (including phenoxy) is 2. The van der Waals surface area contributed by atoms with Crippen molar-refractivity contribution in [1.82, 2.24) is 0 Å². The minimum Gasteiger partial charge on any atom is -0.496 e. The summed E-state index contributed by atoms with van der Waals surface area (Å²) in [7, 11) is -1.20. The topological polar surface area (TPSA) is 81.7 Å². The summed E-state index contributed by atoms with van der Waals surface area (Å²) in [6.07, 6.45) is 0. The minimum absolute atomic E-state index is 0.00899. The third-order valence-electron chi connectivity index (χ3n) is 3.07. The third kappa shape index (κ3) is 4.00. The molecular formula is C15H13BrClNO5S. The maximum atomic E-state index is 12.5. The first-order valence-electron chi connectivity index (χ1n) is 6.52. The molecule has 1 N–H and O–H groups in total. The van der Waals surface area contributed by atoms with Gasteiger partial charge in [-0.2, -0.15) is 0 Å². The molecule has 2 rings (SSSR count). The molecule has 0 saturated carbocycles. The van der Waals surface area contributed by atoms with Crippen LogP contribution in [0.4, 0.5) is 5.69 Å². The van der Waals surface area contributed by atoms with Crippen LogP contribution in [0.5, 0.6) is 5.75 Å². The van der Waals surface area contributed by atoms with Gasteiger partial charge in [-0.1, -0.05) is 11.6 Å². The maximum absolute atomic E-state index is 12.5. The van der Waals surface area contributed by atoms with Gasteiger partial charge in [0.25, 0.3) is 10.0 Å². The molecule has 0 radical (unpaired) electrons. The molecule has 0 aromatic heterocycles. The van der Waals surface area contributed by atoms with Crippen LogP contribution in [-0.4, -0.2) is 28.6 Å². The number of methoxy groups -OCH3 is 2.